The monoisotopic (exact) mass is 407 g/mol. The molecule has 7 heteroatoms. The Labute approximate surface area is 175 Å². The topological polar surface area (TPSA) is 82.5 Å². The molecule has 3 rings (SSSR count). The summed E-state index contributed by atoms with van der Waals surface area (Å²) in [7, 11) is 3.12. The van der Waals surface area contributed by atoms with E-state index in [0.29, 0.717) is 34.4 Å². The molecule has 30 heavy (non-hydrogen) atoms. The van der Waals surface area contributed by atoms with Crippen molar-refractivity contribution >= 4 is 11.6 Å². The molecule has 156 valence electrons. The number of anilines is 1. The first kappa shape index (κ1) is 21.1. The number of hydrogen-bond donors (Lipinski definition) is 1. The first-order valence-electron chi connectivity index (χ1n) is 9.61. The zero-order chi connectivity index (χ0) is 21.7. The molecular formula is C23H25N3O4. The van der Waals surface area contributed by atoms with Gasteiger partial charge in [0.2, 0.25) is 5.91 Å². The average molecular weight is 407 g/mol. The van der Waals surface area contributed by atoms with Gasteiger partial charge in [-0.15, -0.1) is 0 Å². The van der Waals surface area contributed by atoms with Crippen molar-refractivity contribution in [2.45, 2.75) is 26.3 Å². The molecule has 2 aromatic carbocycles. The third-order valence-corrected chi connectivity index (χ3v) is 4.71. The molecule has 0 bridgehead atoms. The van der Waals surface area contributed by atoms with Crippen molar-refractivity contribution in [1.29, 1.82) is 0 Å². The van der Waals surface area contributed by atoms with E-state index in [1.54, 1.807) is 38.5 Å². The maximum absolute atomic E-state index is 12.5. The van der Waals surface area contributed by atoms with Crippen molar-refractivity contribution in [3.63, 3.8) is 0 Å². The highest BCUT2D eigenvalue weighted by Crippen LogP contribution is 2.31. The molecule has 0 atom stereocenters. The fraction of sp³-hybridized carbons (Fsp3) is 0.261. The second-order valence-corrected chi connectivity index (χ2v) is 7.11. The number of carbonyl (C=O) groups excluding carboxylic acids is 1. The van der Waals surface area contributed by atoms with Gasteiger partial charge >= 0.3 is 0 Å². The molecule has 0 spiro atoms. The number of aromatic nitrogens is 2. The predicted octanol–water partition coefficient (Wildman–Crippen LogP) is 3.69. The maximum Gasteiger partial charge on any atom is 0.267 e. The molecule has 0 fully saturated rings. The van der Waals surface area contributed by atoms with Gasteiger partial charge in [-0.25, -0.2) is 4.68 Å². The minimum atomic E-state index is -0.364. The number of benzene rings is 2. The minimum Gasteiger partial charge on any atom is -0.497 e. The van der Waals surface area contributed by atoms with E-state index in [9.17, 15) is 9.59 Å². The van der Waals surface area contributed by atoms with Crippen molar-refractivity contribution in [3.8, 4) is 22.8 Å². The van der Waals surface area contributed by atoms with Gasteiger partial charge in [0, 0.05) is 23.4 Å². The van der Waals surface area contributed by atoms with Gasteiger partial charge in [-0.3, -0.25) is 9.59 Å². The van der Waals surface area contributed by atoms with Crippen LogP contribution in [-0.4, -0.2) is 29.9 Å². The van der Waals surface area contributed by atoms with E-state index in [2.05, 4.69) is 24.3 Å². The number of amides is 1. The molecule has 0 unspecified atom stereocenters. The summed E-state index contributed by atoms with van der Waals surface area (Å²) in [4.78, 5) is 24.7. The molecule has 1 N–H and O–H groups in total. The summed E-state index contributed by atoms with van der Waals surface area (Å²) in [5.41, 5.74) is 2.70. The summed E-state index contributed by atoms with van der Waals surface area (Å²) in [5.74, 6) is 1.28. The third-order valence-electron chi connectivity index (χ3n) is 4.71. The Kier molecular flexibility index (Phi) is 6.51. The molecule has 3 aromatic rings. The number of carbonyl (C=O) groups is 1. The molecule has 0 aliphatic rings. The van der Waals surface area contributed by atoms with Gasteiger partial charge in [0.15, 0.2) is 0 Å². The summed E-state index contributed by atoms with van der Waals surface area (Å²) >= 11 is 0. The number of ether oxygens (including phenoxy) is 2. The van der Waals surface area contributed by atoms with E-state index in [-0.39, 0.29) is 18.0 Å². The van der Waals surface area contributed by atoms with Crippen LogP contribution in [0.5, 0.6) is 11.5 Å². The Morgan fingerprint density at radius 2 is 1.77 bits per heavy atom. The normalized spacial score (nSPS) is 10.7. The van der Waals surface area contributed by atoms with Crippen LogP contribution in [0.15, 0.2) is 59.4 Å². The van der Waals surface area contributed by atoms with E-state index in [0.717, 1.165) is 4.68 Å². The quantitative estimate of drug-likeness (QED) is 0.646. The van der Waals surface area contributed by atoms with Crippen molar-refractivity contribution in [2.75, 3.05) is 19.5 Å². The third kappa shape index (κ3) is 4.86. The van der Waals surface area contributed by atoms with Gasteiger partial charge in [-0.05, 0) is 41.8 Å². The number of hydrogen-bond acceptors (Lipinski definition) is 5. The van der Waals surface area contributed by atoms with Gasteiger partial charge in [0.1, 0.15) is 18.0 Å². The lowest BCUT2D eigenvalue weighted by Crippen LogP contribution is -2.29. The van der Waals surface area contributed by atoms with Crippen LogP contribution in [-0.2, 0) is 11.3 Å². The smallest absolute Gasteiger partial charge is 0.267 e. The molecule has 1 amide bonds. The lowest BCUT2D eigenvalue weighted by molar-refractivity contribution is -0.117. The van der Waals surface area contributed by atoms with Crippen LogP contribution in [0.4, 0.5) is 5.69 Å². The van der Waals surface area contributed by atoms with Gasteiger partial charge in [-0.2, -0.15) is 5.10 Å². The zero-order valence-electron chi connectivity index (χ0n) is 17.5. The molecule has 7 nitrogen and oxygen atoms in total. The SMILES string of the molecule is COc1ccc(-c2ccc(=O)n(CC(=O)Nc3ccc(C(C)C)cc3)n2)c(OC)c1. The fourth-order valence-corrected chi connectivity index (χ4v) is 3.00. The summed E-state index contributed by atoms with van der Waals surface area (Å²) in [6.07, 6.45) is 0. The molecule has 0 aliphatic carbocycles. The molecule has 0 saturated carbocycles. The van der Waals surface area contributed by atoms with Crippen LogP contribution in [0.2, 0.25) is 0 Å². The number of nitrogens with one attached hydrogen (secondary N) is 1. The lowest BCUT2D eigenvalue weighted by Gasteiger charge is -2.12. The summed E-state index contributed by atoms with van der Waals surface area (Å²) in [6.45, 7) is 4.02. The highest BCUT2D eigenvalue weighted by atomic mass is 16.5. The van der Waals surface area contributed by atoms with Crippen LogP contribution < -0.4 is 20.3 Å². The molecule has 0 saturated heterocycles. The lowest BCUT2D eigenvalue weighted by atomic mass is 10.0. The first-order chi connectivity index (χ1) is 14.4. The Hall–Kier alpha value is -3.61. The highest BCUT2D eigenvalue weighted by Gasteiger charge is 2.12. The Bertz CT molecular complexity index is 1090. The van der Waals surface area contributed by atoms with Crippen LogP contribution in [0.1, 0.15) is 25.3 Å². The molecule has 0 aliphatic heterocycles. The molecular weight excluding hydrogens is 382 g/mol. The predicted molar refractivity (Wildman–Crippen MR) is 116 cm³/mol. The van der Waals surface area contributed by atoms with Crippen molar-refractivity contribution < 1.29 is 14.3 Å². The van der Waals surface area contributed by atoms with Crippen LogP contribution in [0.25, 0.3) is 11.3 Å². The second-order valence-electron chi connectivity index (χ2n) is 7.11. The van der Waals surface area contributed by atoms with E-state index in [4.69, 9.17) is 9.47 Å². The van der Waals surface area contributed by atoms with Gasteiger partial charge in [0.25, 0.3) is 5.56 Å². The Morgan fingerprint density at radius 3 is 2.40 bits per heavy atom. The Balaban J connectivity index is 1.80. The van der Waals surface area contributed by atoms with E-state index in [1.165, 1.54) is 11.6 Å². The van der Waals surface area contributed by atoms with Crippen LogP contribution >= 0.6 is 0 Å². The van der Waals surface area contributed by atoms with E-state index in [1.807, 2.05) is 24.3 Å². The second kappa shape index (κ2) is 9.26. The highest BCUT2D eigenvalue weighted by molar-refractivity contribution is 5.90. The summed E-state index contributed by atoms with van der Waals surface area (Å²) < 4.78 is 11.8. The zero-order valence-corrected chi connectivity index (χ0v) is 17.5. The van der Waals surface area contributed by atoms with Crippen molar-refractivity contribution in [3.05, 3.63) is 70.5 Å². The number of nitrogens with zero attached hydrogens (tertiary/aromatic N) is 2. The molecule has 1 heterocycles. The largest absolute Gasteiger partial charge is 0.497 e. The maximum atomic E-state index is 12.5. The molecule has 1 aromatic heterocycles. The average Bonchev–Trinajstić information content (AvgIpc) is 2.75. The summed E-state index contributed by atoms with van der Waals surface area (Å²) in [6, 6.07) is 15.9. The summed E-state index contributed by atoms with van der Waals surface area (Å²) in [5, 5.41) is 7.15. The minimum absolute atomic E-state index is 0.197. The van der Waals surface area contributed by atoms with E-state index < -0.39 is 0 Å². The van der Waals surface area contributed by atoms with E-state index >= 15 is 0 Å². The first-order valence-corrected chi connectivity index (χ1v) is 9.61. The fourth-order valence-electron chi connectivity index (χ4n) is 3.00. The number of methoxy groups -OCH3 is 2. The van der Waals surface area contributed by atoms with Crippen LogP contribution in [0.3, 0.4) is 0 Å². The standard InChI is InChI=1S/C23H25N3O4/c1-15(2)16-5-7-17(8-6-16)24-22(27)14-26-23(28)12-11-20(25-26)19-10-9-18(29-3)13-21(19)30-4/h5-13,15H,14H2,1-4H3,(H,24,27). The van der Waals surface area contributed by atoms with Crippen LogP contribution in [0, 0.1) is 0 Å². The van der Waals surface area contributed by atoms with Crippen molar-refractivity contribution in [1.82, 2.24) is 9.78 Å². The Morgan fingerprint density at radius 1 is 1.03 bits per heavy atom. The van der Waals surface area contributed by atoms with Gasteiger partial charge < -0.3 is 14.8 Å². The van der Waals surface area contributed by atoms with Gasteiger partial charge in [0.05, 0.1) is 19.9 Å². The number of rotatable bonds is 7. The van der Waals surface area contributed by atoms with Crippen molar-refractivity contribution in [2.24, 2.45) is 0 Å². The van der Waals surface area contributed by atoms with Gasteiger partial charge in [-0.1, -0.05) is 26.0 Å². The molecule has 0 radical (unpaired) electrons.